The first-order chi connectivity index (χ1) is 11.9. The van der Waals surface area contributed by atoms with E-state index in [0.717, 1.165) is 28.8 Å². The van der Waals surface area contributed by atoms with Gasteiger partial charge >= 0.3 is 0 Å². The Hall–Kier alpha value is -2.46. The van der Waals surface area contributed by atoms with E-state index in [0.29, 0.717) is 5.88 Å². The molecule has 2 heterocycles. The summed E-state index contributed by atoms with van der Waals surface area (Å²) < 4.78 is 6.18. The predicted molar refractivity (Wildman–Crippen MR) is 98.1 cm³/mol. The number of fused-ring (bicyclic) bond motifs is 4. The summed E-state index contributed by atoms with van der Waals surface area (Å²) in [5.74, 6) is 1.51. The SMILES string of the molecule is c1ccc2cc(Oc3ncnc4sc5c(c34)CCCC5)ccc2c1. The summed E-state index contributed by atoms with van der Waals surface area (Å²) in [7, 11) is 0. The molecule has 0 atom stereocenters. The van der Waals surface area contributed by atoms with Gasteiger partial charge in [0, 0.05) is 4.88 Å². The monoisotopic (exact) mass is 332 g/mol. The van der Waals surface area contributed by atoms with E-state index < -0.39 is 0 Å². The van der Waals surface area contributed by atoms with Crippen molar-refractivity contribution in [3.63, 3.8) is 0 Å². The normalized spacial score (nSPS) is 14.0. The number of aryl methyl sites for hydroxylation is 2. The Labute approximate surface area is 143 Å². The molecule has 0 spiro atoms. The number of hydrogen-bond donors (Lipinski definition) is 0. The molecule has 2 aromatic carbocycles. The molecule has 24 heavy (non-hydrogen) atoms. The van der Waals surface area contributed by atoms with E-state index in [9.17, 15) is 0 Å². The average molecular weight is 332 g/mol. The van der Waals surface area contributed by atoms with Crippen molar-refractivity contribution >= 4 is 32.3 Å². The lowest BCUT2D eigenvalue weighted by Crippen LogP contribution is -1.99. The van der Waals surface area contributed by atoms with Crippen LogP contribution >= 0.6 is 11.3 Å². The summed E-state index contributed by atoms with van der Waals surface area (Å²) in [6.07, 6.45) is 6.39. The van der Waals surface area contributed by atoms with Gasteiger partial charge in [-0.05, 0) is 54.2 Å². The molecule has 4 aromatic rings. The molecule has 0 saturated carbocycles. The maximum Gasteiger partial charge on any atom is 0.231 e. The molecule has 1 aliphatic carbocycles. The minimum Gasteiger partial charge on any atom is -0.438 e. The zero-order chi connectivity index (χ0) is 15.9. The highest BCUT2D eigenvalue weighted by Gasteiger charge is 2.20. The summed E-state index contributed by atoms with van der Waals surface area (Å²) in [6.45, 7) is 0. The molecule has 0 unspecified atom stereocenters. The summed E-state index contributed by atoms with van der Waals surface area (Å²) in [5.41, 5.74) is 1.40. The van der Waals surface area contributed by atoms with Gasteiger partial charge in [-0.25, -0.2) is 9.97 Å². The molecule has 4 heteroatoms. The highest BCUT2D eigenvalue weighted by atomic mass is 32.1. The van der Waals surface area contributed by atoms with Crippen molar-refractivity contribution < 1.29 is 4.74 Å². The number of benzene rings is 2. The lowest BCUT2D eigenvalue weighted by molar-refractivity contribution is 0.468. The highest BCUT2D eigenvalue weighted by molar-refractivity contribution is 7.18. The summed E-state index contributed by atoms with van der Waals surface area (Å²) in [4.78, 5) is 11.4. The van der Waals surface area contributed by atoms with Gasteiger partial charge in [-0.2, -0.15) is 0 Å². The third-order valence-electron chi connectivity index (χ3n) is 4.65. The van der Waals surface area contributed by atoms with E-state index >= 15 is 0 Å². The van der Waals surface area contributed by atoms with E-state index in [2.05, 4.69) is 40.3 Å². The molecular formula is C20H16N2OS. The lowest BCUT2D eigenvalue weighted by Gasteiger charge is -2.12. The van der Waals surface area contributed by atoms with E-state index in [1.807, 2.05) is 12.1 Å². The van der Waals surface area contributed by atoms with Gasteiger partial charge in [-0.15, -0.1) is 11.3 Å². The minimum atomic E-state index is 0.690. The first-order valence-electron chi connectivity index (χ1n) is 8.30. The fraction of sp³-hybridized carbons (Fsp3) is 0.200. The van der Waals surface area contributed by atoms with Crippen molar-refractivity contribution in [2.75, 3.05) is 0 Å². The van der Waals surface area contributed by atoms with Crippen LogP contribution in [0.3, 0.4) is 0 Å². The number of rotatable bonds is 2. The summed E-state index contributed by atoms with van der Waals surface area (Å²) >= 11 is 1.80. The van der Waals surface area contributed by atoms with Gasteiger partial charge in [-0.1, -0.05) is 30.3 Å². The molecule has 0 saturated heterocycles. The Balaban J connectivity index is 1.62. The quantitative estimate of drug-likeness (QED) is 0.485. The molecule has 5 rings (SSSR count). The molecule has 0 N–H and O–H groups in total. The fourth-order valence-corrected chi connectivity index (χ4v) is 4.70. The second-order valence-corrected chi connectivity index (χ2v) is 7.26. The molecule has 0 aliphatic heterocycles. The highest BCUT2D eigenvalue weighted by Crippen LogP contribution is 2.40. The van der Waals surface area contributed by atoms with Crippen LogP contribution in [-0.4, -0.2) is 9.97 Å². The standard InChI is InChI=1S/C20H16N2OS/c1-2-6-14-11-15(10-9-13(14)5-1)23-19-18-16-7-3-4-8-17(16)24-20(18)22-12-21-19/h1-2,5-6,9-12H,3-4,7-8H2. The topological polar surface area (TPSA) is 35.0 Å². The fourth-order valence-electron chi connectivity index (χ4n) is 3.48. The molecule has 0 bridgehead atoms. The summed E-state index contributed by atoms with van der Waals surface area (Å²) in [5, 5.41) is 3.50. The zero-order valence-corrected chi connectivity index (χ0v) is 14.0. The smallest absolute Gasteiger partial charge is 0.231 e. The van der Waals surface area contributed by atoms with Crippen LogP contribution in [0.1, 0.15) is 23.3 Å². The van der Waals surface area contributed by atoms with Crippen LogP contribution in [0.4, 0.5) is 0 Å². The zero-order valence-electron chi connectivity index (χ0n) is 13.2. The van der Waals surface area contributed by atoms with Crippen molar-refractivity contribution in [1.82, 2.24) is 9.97 Å². The molecule has 2 aromatic heterocycles. The largest absolute Gasteiger partial charge is 0.438 e. The van der Waals surface area contributed by atoms with Gasteiger partial charge in [0.05, 0.1) is 5.39 Å². The summed E-state index contributed by atoms with van der Waals surface area (Å²) in [6, 6.07) is 14.5. The van der Waals surface area contributed by atoms with Gasteiger partial charge in [0.1, 0.15) is 16.9 Å². The van der Waals surface area contributed by atoms with Crippen LogP contribution in [-0.2, 0) is 12.8 Å². The van der Waals surface area contributed by atoms with Crippen LogP contribution in [0.15, 0.2) is 48.8 Å². The average Bonchev–Trinajstić information content (AvgIpc) is 3.01. The van der Waals surface area contributed by atoms with Crippen LogP contribution in [0.2, 0.25) is 0 Å². The number of nitrogens with zero attached hydrogens (tertiary/aromatic N) is 2. The number of hydrogen-bond acceptors (Lipinski definition) is 4. The van der Waals surface area contributed by atoms with Crippen molar-refractivity contribution in [2.24, 2.45) is 0 Å². The van der Waals surface area contributed by atoms with E-state index in [4.69, 9.17) is 4.74 Å². The van der Waals surface area contributed by atoms with Crippen molar-refractivity contribution in [1.29, 1.82) is 0 Å². The molecule has 0 fully saturated rings. The van der Waals surface area contributed by atoms with E-state index in [-0.39, 0.29) is 0 Å². The van der Waals surface area contributed by atoms with Gasteiger partial charge < -0.3 is 4.74 Å². The van der Waals surface area contributed by atoms with Crippen LogP contribution in [0.5, 0.6) is 11.6 Å². The van der Waals surface area contributed by atoms with Crippen molar-refractivity contribution in [3.05, 3.63) is 59.2 Å². The molecule has 0 amide bonds. The van der Waals surface area contributed by atoms with Crippen LogP contribution in [0, 0.1) is 0 Å². The third-order valence-corrected chi connectivity index (χ3v) is 5.85. The minimum absolute atomic E-state index is 0.690. The maximum absolute atomic E-state index is 6.18. The van der Waals surface area contributed by atoms with Gasteiger partial charge in [0.25, 0.3) is 0 Å². The molecule has 3 nitrogen and oxygen atoms in total. The van der Waals surface area contributed by atoms with Crippen LogP contribution in [0.25, 0.3) is 21.0 Å². The van der Waals surface area contributed by atoms with Crippen LogP contribution < -0.4 is 4.74 Å². The first-order valence-corrected chi connectivity index (χ1v) is 9.12. The Morgan fingerprint density at radius 2 is 1.79 bits per heavy atom. The Morgan fingerprint density at radius 3 is 2.75 bits per heavy atom. The first kappa shape index (κ1) is 13.9. The van der Waals surface area contributed by atoms with Crippen molar-refractivity contribution in [3.8, 4) is 11.6 Å². The third kappa shape index (κ3) is 2.26. The van der Waals surface area contributed by atoms with E-state index in [1.54, 1.807) is 17.7 Å². The molecule has 1 aliphatic rings. The number of ether oxygens (including phenoxy) is 1. The number of aromatic nitrogens is 2. The molecule has 118 valence electrons. The Morgan fingerprint density at radius 1 is 0.917 bits per heavy atom. The van der Waals surface area contributed by atoms with E-state index in [1.165, 1.54) is 34.1 Å². The predicted octanol–water partition coefficient (Wildman–Crippen LogP) is 5.52. The molecule has 0 radical (unpaired) electrons. The second kappa shape index (κ2) is 5.56. The lowest BCUT2D eigenvalue weighted by atomic mass is 9.97. The maximum atomic E-state index is 6.18. The number of thiophene rings is 1. The Kier molecular flexibility index (Phi) is 3.23. The van der Waals surface area contributed by atoms with Gasteiger partial charge in [0.15, 0.2) is 0 Å². The van der Waals surface area contributed by atoms with Gasteiger partial charge in [0.2, 0.25) is 5.88 Å². The molecular weight excluding hydrogens is 316 g/mol. The Bertz CT molecular complexity index is 1050. The van der Waals surface area contributed by atoms with Gasteiger partial charge in [-0.3, -0.25) is 0 Å². The van der Waals surface area contributed by atoms with Crippen molar-refractivity contribution in [2.45, 2.75) is 25.7 Å². The second-order valence-electron chi connectivity index (χ2n) is 6.18.